The second-order valence-corrected chi connectivity index (χ2v) is 7.00. The molecule has 0 amide bonds. The van der Waals surface area contributed by atoms with Crippen LogP contribution in [0.5, 0.6) is 0 Å². The molecule has 0 fully saturated rings. The van der Waals surface area contributed by atoms with E-state index in [9.17, 15) is 13.2 Å². The Morgan fingerprint density at radius 1 is 1.00 bits per heavy atom. The molecule has 0 heterocycles. The van der Waals surface area contributed by atoms with Gasteiger partial charge in [-0.05, 0) is 54.8 Å². The van der Waals surface area contributed by atoms with Crippen molar-refractivity contribution in [3.63, 3.8) is 0 Å². The van der Waals surface area contributed by atoms with E-state index in [2.05, 4.69) is 0 Å². The number of hydrogen-bond donors (Lipinski definition) is 1. The van der Waals surface area contributed by atoms with Crippen molar-refractivity contribution in [3.05, 3.63) is 64.7 Å². The minimum atomic E-state index is -3.43. The summed E-state index contributed by atoms with van der Waals surface area (Å²) >= 11 is 0. The second-order valence-electron chi connectivity index (χ2n) is 5.01. The van der Waals surface area contributed by atoms with Gasteiger partial charge in [-0.1, -0.05) is 18.2 Å². The van der Waals surface area contributed by atoms with Crippen molar-refractivity contribution in [1.29, 1.82) is 0 Å². The minimum absolute atomic E-state index is 0.141. The number of carbonyl (C=O) groups is 1. The molecular weight excluding hydrogens is 288 g/mol. The zero-order valence-electron chi connectivity index (χ0n) is 11.8. The van der Waals surface area contributed by atoms with Crippen molar-refractivity contribution in [3.8, 4) is 0 Å². The topological polar surface area (TPSA) is 71.4 Å². The van der Waals surface area contributed by atoms with Gasteiger partial charge in [0, 0.05) is 0 Å². The Hall–Kier alpha value is -2.14. The summed E-state index contributed by atoms with van der Waals surface area (Å²) < 4.78 is 24.7. The molecular formula is C16H16O4S. The lowest BCUT2D eigenvalue weighted by Gasteiger charge is -2.07. The highest BCUT2D eigenvalue weighted by Gasteiger charge is 2.16. The van der Waals surface area contributed by atoms with E-state index in [4.69, 9.17) is 5.11 Å². The molecule has 110 valence electrons. The molecule has 2 aromatic rings. The monoisotopic (exact) mass is 304 g/mol. The van der Waals surface area contributed by atoms with E-state index in [-0.39, 0.29) is 16.2 Å². The van der Waals surface area contributed by atoms with E-state index in [0.717, 1.165) is 11.1 Å². The first-order chi connectivity index (χ1) is 9.79. The molecule has 0 unspecified atom stereocenters. The Balaban J connectivity index is 2.28. The van der Waals surface area contributed by atoms with Crippen LogP contribution in [-0.2, 0) is 15.6 Å². The molecule has 0 radical (unpaired) electrons. The highest BCUT2D eigenvalue weighted by atomic mass is 32.2. The van der Waals surface area contributed by atoms with Gasteiger partial charge in [-0.25, -0.2) is 13.2 Å². The van der Waals surface area contributed by atoms with Crippen LogP contribution >= 0.6 is 0 Å². The average molecular weight is 304 g/mol. The largest absolute Gasteiger partial charge is 0.478 e. The van der Waals surface area contributed by atoms with Crippen LogP contribution in [-0.4, -0.2) is 19.5 Å². The van der Waals surface area contributed by atoms with Crippen LogP contribution in [0.25, 0.3) is 0 Å². The van der Waals surface area contributed by atoms with E-state index in [1.165, 1.54) is 24.3 Å². The second kappa shape index (κ2) is 5.69. The number of carboxylic acids is 1. The van der Waals surface area contributed by atoms with E-state index < -0.39 is 15.8 Å². The lowest BCUT2D eigenvalue weighted by atomic mass is 10.1. The third-order valence-corrected chi connectivity index (χ3v) is 5.08. The third kappa shape index (κ3) is 3.49. The van der Waals surface area contributed by atoms with E-state index in [1.807, 2.05) is 13.8 Å². The molecule has 0 spiro atoms. The number of hydrogen-bond acceptors (Lipinski definition) is 3. The lowest BCUT2D eigenvalue weighted by molar-refractivity contribution is 0.0697. The quantitative estimate of drug-likeness (QED) is 0.942. The minimum Gasteiger partial charge on any atom is -0.478 e. The normalized spacial score (nSPS) is 11.3. The number of sulfone groups is 1. The molecule has 0 aliphatic heterocycles. The first kappa shape index (κ1) is 15.3. The summed E-state index contributed by atoms with van der Waals surface area (Å²) in [5.41, 5.74) is 2.68. The Labute approximate surface area is 124 Å². The van der Waals surface area contributed by atoms with Gasteiger partial charge in [0.2, 0.25) is 0 Å². The maximum Gasteiger partial charge on any atom is 0.335 e. The van der Waals surface area contributed by atoms with Gasteiger partial charge in [0.05, 0.1) is 16.2 Å². The number of carboxylic acid groups (broad SMARTS) is 1. The zero-order chi connectivity index (χ0) is 15.6. The number of benzene rings is 2. The van der Waals surface area contributed by atoms with Gasteiger partial charge in [0.1, 0.15) is 0 Å². The standard InChI is InChI=1S/C16H16O4S/c1-11-3-8-15(9-12(11)2)21(19,20)10-13-4-6-14(7-5-13)16(17)18/h3-9H,10H2,1-2H3,(H,17,18). The van der Waals surface area contributed by atoms with Crippen LogP contribution in [0.15, 0.2) is 47.4 Å². The van der Waals surface area contributed by atoms with Crippen molar-refractivity contribution in [1.82, 2.24) is 0 Å². The molecule has 2 rings (SSSR count). The fourth-order valence-corrected chi connectivity index (χ4v) is 3.38. The van der Waals surface area contributed by atoms with E-state index in [0.29, 0.717) is 5.56 Å². The number of rotatable bonds is 4. The molecule has 0 aromatic heterocycles. The molecule has 4 nitrogen and oxygen atoms in total. The van der Waals surface area contributed by atoms with Crippen LogP contribution in [0, 0.1) is 13.8 Å². The van der Waals surface area contributed by atoms with Crippen molar-refractivity contribution in [2.45, 2.75) is 24.5 Å². The van der Waals surface area contributed by atoms with Crippen molar-refractivity contribution >= 4 is 15.8 Å². The SMILES string of the molecule is Cc1ccc(S(=O)(=O)Cc2ccc(C(=O)O)cc2)cc1C. The Morgan fingerprint density at radius 2 is 1.62 bits per heavy atom. The lowest BCUT2D eigenvalue weighted by Crippen LogP contribution is -2.06. The molecule has 0 atom stereocenters. The molecule has 2 aromatic carbocycles. The summed E-state index contributed by atoms with van der Waals surface area (Å²) in [6, 6.07) is 10.9. The van der Waals surface area contributed by atoms with Gasteiger partial charge in [0.25, 0.3) is 0 Å². The van der Waals surface area contributed by atoms with Crippen molar-refractivity contribution in [2.24, 2.45) is 0 Å². The molecule has 0 saturated heterocycles. The Bertz CT molecular complexity index is 774. The first-order valence-corrected chi connectivity index (χ1v) is 8.07. The summed E-state index contributed by atoms with van der Waals surface area (Å²) in [7, 11) is -3.43. The highest BCUT2D eigenvalue weighted by molar-refractivity contribution is 7.90. The molecule has 0 aliphatic rings. The highest BCUT2D eigenvalue weighted by Crippen LogP contribution is 2.19. The van der Waals surface area contributed by atoms with Crippen molar-refractivity contribution < 1.29 is 18.3 Å². The van der Waals surface area contributed by atoms with Gasteiger partial charge in [0.15, 0.2) is 9.84 Å². The first-order valence-electron chi connectivity index (χ1n) is 6.42. The summed E-state index contributed by atoms with van der Waals surface area (Å²) in [5.74, 6) is -1.17. The van der Waals surface area contributed by atoms with E-state index >= 15 is 0 Å². The zero-order valence-corrected chi connectivity index (χ0v) is 12.6. The van der Waals surface area contributed by atoms with Gasteiger partial charge in [-0.3, -0.25) is 0 Å². The van der Waals surface area contributed by atoms with Crippen LogP contribution < -0.4 is 0 Å². The van der Waals surface area contributed by atoms with Crippen molar-refractivity contribution in [2.75, 3.05) is 0 Å². The molecule has 0 saturated carbocycles. The number of aryl methyl sites for hydroxylation is 2. The summed E-state index contributed by atoms with van der Waals surface area (Å²) in [4.78, 5) is 11.1. The Kier molecular flexibility index (Phi) is 4.14. The number of aromatic carboxylic acids is 1. The fraction of sp³-hybridized carbons (Fsp3) is 0.188. The third-order valence-electron chi connectivity index (χ3n) is 3.40. The maximum absolute atomic E-state index is 12.4. The van der Waals surface area contributed by atoms with E-state index in [1.54, 1.807) is 18.2 Å². The molecule has 1 N–H and O–H groups in total. The van der Waals surface area contributed by atoms with Crippen LogP contribution in [0.2, 0.25) is 0 Å². The molecule has 0 bridgehead atoms. The predicted molar refractivity (Wildman–Crippen MR) is 80.2 cm³/mol. The Morgan fingerprint density at radius 3 is 2.14 bits per heavy atom. The van der Waals surface area contributed by atoms with Crippen LogP contribution in [0.1, 0.15) is 27.0 Å². The van der Waals surface area contributed by atoms with Gasteiger partial charge < -0.3 is 5.11 Å². The van der Waals surface area contributed by atoms with Gasteiger partial charge in [-0.15, -0.1) is 0 Å². The van der Waals surface area contributed by atoms with Gasteiger partial charge >= 0.3 is 5.97 Å². The van der Waals surface area contributed by atoms with Gasteiger partial charge in [-0.2, -0.15) is 0 Å². The average Bonchev–Trinajstić information content (AvgIpc) is 2.42. The molecule has 21 heavy (non-hydrogen) atoms. The molecule has 5 heteroatoms. The maximum atomic E-state index is 12.4. The summed E-state index contributed by atoms with van der Waals surface area (Å²) in [6.45, 7) is 3.80. The fourth-order valence-electron chi connectivity index (χ4n) is 1.95. The molecule has 0 aliphatic carbocycles. The predicted octanol–water partition coefficient (Wildman–Crippen LogP) is 2.98. The van der Waals surface area contributed by atoms with Crippen LogP contribution in [0.4, 0.5) is 0 Å². The summed E-state index contributed by atoms with van der Waals surface area (Å²) in [5, 5.41) is 8.82. The smallest absolute Gasteiger partial charge is 0.335 e. The van der Waals surface area contributed by atoms with Crippen LogP contribution in [0.3, 0.4) is 0 Å². The summed E-state index contributed by atoms with van der Waals surface area (Å²) in [6.07, 6.45) is 0.